The molecule has 23 heavy (non-hydrogen) atoms. The molecular formula is C20H27NO2. The summed E-state index contributed by atoms with van der Waals surface area (Å²) in [6.45, 7) is 10.5. The first-order valence-corrected chi connectivity index (χ1v) is 8.69. The van der Waals surface area contributed by atoms with Gasteiger partial charge in [-0.05, 0) is 68.6 Å². The van der Waals surface area contributed by atoms with Gasteiger partial charge in [0, 0.05) is 0 Å². The molecule has 3 rings (SSSR count). The second kappa shape index (κ2) is 5.47. The van der Waals surface area contributed by atoms with Crippen molar-refractivity contribution in [2.24, 2.45) is 11.8 Å². The maximum Gasteiger partial charge on any atom is 0.235 e. The molecule has 2 aliphatic rings. The van der Waals surface area contributed by atoms with E-state index in [9.17, 15) is 9.59 Å². The molecule has 3 heteroatoms. The number of rotatable bonds is 1. The van der Waals surface area contributed by atoms with Gasteiger partial charge in [0.05, 0.1) is 5.54 Å². The number of nitrogens with one attached hydrogen (secondary N) is 1. The van der Waals surface area contributed by atoms with Crippen LogP contribution in [0, 0.1) is 32.6 Å². The Morgan fingerprint density at radius 1 is 1.04 bits per heavy atom. The lowest BCUT2D eigenvalue weighted by molar-refractivity contribution is -0.126. The monoisotopic (exact) mass is 313 g/mol. The lowest BCUT2D eigenvalue weighted by atomic mass is 9.68. The van der Waals surface area contributed by atoms with E-state index < -0.39 is 11.5 Å². The predicted octanol–water partition coefficient (Wildman–Crippen LogP) is 3.59. The van der Waals surface area contributed by atoms with E-state index >= 15 is 0 Å². The average Bonchev–Trinajstić information content (AvgIpc) is 2.67. The highest BCUT2D eigenvalue weighted by Crippen LogP contribution is 2.44. The molecule has 1 saturated heterocycles. The molecule has 3 nitrogen and oxygen atoms in total. The van der Waals surface area contributed by atoms with Gasteiger partial charge in [0.15, 0.2) is 5.78 Å². The highest BCUT2D eigenvalue weighted by molar-refractivity contribution is 6.17. The Morgan fingerprint density at radius 2 is 1.65 bits per heavy atom. The minimum Gasteiger partial charge on any atom is -0.343 e. The Bertz CT molecular complexity index is 655. The Labute approximate surface area is 138 Å². The van der Waals surface area contributed by atoms with E-state index in [0.29, 0.717) is 11.8 Å². The molecule has 0 bridgehead atoms. The number of hydrogen-bond acceptors (Lipinski definition) is 2. The minimum absolute atomic E-state index is 0.0938. The maximum absolute atomic E-state index is 13.3. The number of Topliss-reactive ketones (excluding diaryl/α,β-unsaturated/α-hetero) is 1. The molecule has 1 N–H and O–H groups in total. The first kappa shape index (κ1) is 16.2. The number of carbonyl (C=O) groups excluding carboxylic acids is 2. The summed E-state index contributed by atoms with van der Waals surface area (Å²) in [5, 5.41) is 3.10. The highest BCUT2D eigenvalue weighted by Gasteiger charge is 2.55. The quantitative estimate of drug-likeness (QED) is 0.805. The third-order valence-corrected chi connectivity index (χ3v) is 6.05. The Balaban J connectivity index is 2.00. The Kier molecular flexibility index (Phi) is 3.86. The van der Waals surface area contributed by atoms with Crippen molar-refractivity contribution in [3.8, 4) is 0 Å². The molecule has 0 aromatic heterocycles. The van der Waals surface area contributed by atoms with Crippen molar-refractivity contribution in [1.29, 1.82) is 0 Å². The van der Waals surface area contributed by atoms with Crippen LogP contribution >= 0.6 is 0 Å². The molecule has 2 fully saturated rings. The van der Waals surface area contributed by atoms with Gasteiger partial charge in [0.2, 0.25) is 5.91 Å². The van der Waals surface area contributed by atoms with Crippen LogP contribution in [0.15, 0.2) is 12.1 Å². The Hall–Kier alpha value is -1.64. The number of aryl methyl sites for hydroxylation is 3. The smallest absolute Gasteiger partial charge is 0.235 e. The van der Waals surface area contributed by atoms with Crippen LogP contribution in [0.1, 0.15) is 61.3 Å². The fourth-order valence-corrected chi connectivity index (χ4v) is 4.62. The normalized spacial score (nSPS) is 34.0. The summed E-state index contributed by atoms with van der Waals surface area (Å²) < 4.78 is 0. The topological polar surface area (TPSA) is 46.2 Å². The zero-order valence-corrected chi connectivity index (χ0v) is 14.8. The summed E-state index contributed by atoms with van der Waals surface area (Å²) in [5.74, 6) is 0.443. The molecule has 1 aliphatic heterocycles. The molecule has 1 saturated carbocycles. The number of hydrogen-bond donors (Lipinski definition) is 1. The van der Waals surface area contributed by atoms with Crippen LogP contribution in [0.5, 0.6) is 0 Å². The van der Waals surface area contributed by atoms with Gasteiger partial charge >= 0.3 is 0 Å². The summed E-state index contributed by atoms with van der Waals surface area (Å²) >= 11 is 0. The van der Waals surface area contributed by atoms with Gasteiger partial charge < -0.3 is 5.32 Å². The molecule has 1 heterocycles. The van der Waals surface area contributed by atoms with Crippen molar-refractivity contribution in [3.63, 3.8) is 0 Å². The van der Waals surface area contributed by atoms with Crippen molar-refractivity contribution >= 4 is 11.7 Å². The molecule has 4 unspecified atom stereocenters. The predicted molar refractivity (Wildman–Crippen MR) is 91.5 cm³/mol. The van der Waals surface area contributed by atoms with E-state index in [1.54, 1.807) is 0 Å². The second-order valence-corrected chi connectivity index (χ2v) is 7.88. The van der Waals surface area contributed by atoms with Crippen LogP contribution in [0.2, 0.25) is 0 Å². The number of amides is 1. The molecule has 1 spiro atoms. The Morgan fingerprint density at radius 3 is 2.22 bits per heavy atom. The molecule has 1 aromatic rings. The summed E-state index contributed by atoms with van der Waals surface area (Å²) in [6.07, 6.45) is 2.56. The molecule has 1 amide bonds. The van der Waals surface area contributed by atoms with Crippen molar-refractivity contribution in [2.45, 2.75) is 65.3 Å². The molecule has 0 radical (unpaired) electrons. The van der Waals surface area contributed by atoms with Crippen LogP contribution in [-0.4, -0.2) is 17.2 Å². The lowest BCUT2D eigenvalue weighted by Crippen LogP contribution is -2.51. The number of ketones is 1. The zero-order chi connectivity index (χ0) is 16.9. The fraction of sp³-hybridized carbons (Fsp3) is 0.600. The van der Waals surface area contributed by atoms with Crippen molar-refractivity contribution in [3.05, 3.63) is 34.4 Å². The van der Waals surface area contributed by atoms with Crippen molar-refractivity contribution < 1.29 is 9.59 Å². The van der Waals surface area contributed by atoms with E-state index in [1.165, 1.54) is 5.56 Å². The molecule has 124 valence electrons. The van der Waals surface area contributed by atoms with Crippen LogP contribution in [0.3, 0.4) is 0 Å². The third-order valence-electron chi connectivity index (χ3n) is 6.05. The lowest BCUT2D eigenvalue weighted by Gasteiger charge is -2.39. The molecule has 1 aliphatic carbocycles. The summed E-state index contributed by atoms with van der Waals surface area (Å²) in [7, 11) is 0. The standard InChI is InChI=1S/C20H27NO2/c1-11-8-13(3)16(14(4)9-11)17-18(22)20(21-19(17)23)7-6-12(2)15(5)10-20/h8-9,12,15,17H,6-7,10H2,1-5H3,(H,21,23). The SMILES string of the molecule is Cc1cc(C)c(C2C(=O)NC3(CCC(C)C(C)C3)C2=O)c(C)c1. The summed E-state index contributed by atoms with van der Waals surface area (Å²) in [6, 6.07) is 4.14. The van der Waals surface area contributed by atoms with E-state index in [4.69, 9.17) is 0 Å². The van der Waals surface area contributed by atoms with Crippen LogP contribution in [0.25, 0.3) is 0 Å². The van der Waals surface area contributed by atoms with E-state index in [1.807, 2.05) is 20.8 Å². The van der Waals surface area contributed by atoms with Gasteiger partial charge in [-0.25, -0.2) is 0 Å². The van der Waals surface area contributed by atoms with Gasteiger partial charge in [0.1, 0.15) is 5.92 Å². The molecule has 1 aromatic carbocycles. The van der Waals surface area contributed by atoms with Gasteiger partial charge in [-0.3, -0.25) is 9.59 Å². The zero-order valence-electron chi connectivity index (χ0n) is 14.8. The van der Waals surface area contributed by atoms with Crippen molar-refractivity contribution in [1.82, 2.24) is 5.32 Å². The van der Waals surface area contributed by atoms with E-state index in [-0.39, 0.29) is 11.7 Å². The molecule has 4 atom stereocenters. The highest BCUT2D eigenvalue weighted by atomic mass is 16.2. The van der Waals surface area contributed by atoms with Crippen LogP contribution in [0.4, 0.5) is 0 Å². The van der Waals surface area contributed by atoms with E-state index in [0.717, 1.165) is 36.0 Å². The summed E-state index contributed by atoms with van der Waals surface area (Å²) in [4.78, 5) is 26.0. The average molecular weight is 313 g/mol. The van der Waals surface area contributed by atoms with Gasteiger partial charge in [-0.1, -0.05) is 31.5 Å². The van der Waals surface area contributed by atoms with Crippen molar-refractivity contribution in [2.75, 3.05) is 0 Å². The molecular weight excluding hydrogens is 286 g/mol. The van der Waals surface area contributed by atoms with Gasteiger partial charge in [0.25, 0.3) is 0 Å². The van der Waals surface area contributed by atoms with Gasteiger partial charge in [-0.2, -0.15) is 0 Å². The minimum atomic E-state index is -0.629. The second-order valence-electron chi connectivity index (χ2n) is 7.88. The first-order chi connectivity index (χ1) is 10.7. The number of benzene rings is 1. The van der Waals surface area contributed by atoms with Crippen LogP contribution < -0.4 is 5.32 Å². The third kappa shape index (κ3) is 2.50. The maximum atomic E-state index is 13.3. The fourth-order valence-electron chi connectivity index (χ4n) is 4.62. The van der Waals surface area contributed by atoms with Gasteiger partial charge in [-0.15, -0.1) is 0 Å². The van der Waals surface area contributed by atoms with Crippen LogP contribution in [-0.2, 0) is 9.59 Å². The first-order valence-electron chi connectivity index (χ1n) is 8.69. The van der Waals surface area contributed by atoms with E-state index in [2.05, 4.69) is 31.3 Å². The summed E-state index contributed by atoms with van der Waals surface area (Å²) in [5.41, 5.74) is 3.55. The largest absolute Gasteiger partial charge is 0.343 e. The number of carbonyl (C=O) groups is 2.